The molecule has 36 heavy (non-hydrogen) atoms. The molecule has 0 radical (unpaired) electrons. The van der Waals surface area contributed by atoms with Crippen LogP contribution < -0.4 is 0 Å². The maximum Gasteiger partial charge on any atom is 0.0634 e. The Hall–Kier alpha value is -4.40. The molecule has 1 nitrogen and oxygen atoms in total. The van der Waals surface area contributed by atoms with E-state index in [0.717, 1.165) is 0 Å². The Bertz CT molecular complexity index is 2080. The molecule has 168 valence electrons. The maximum absolute atomic E-state index is 2.48. The number of fused-ring (bicyclic) bond motifs is 10. The fourth-order valence-corrected chi connectivity index (χ4v) is 7.10. The van der Waals surface area contributed by atoms with Crippen molar-refractivity contribution in [1.82, 2.24) is 4.57 Å². The second-order valence-electron chi connectivity index (χ2n) is 9.34. The molecule has 0 bridgehead atoms. The van der Waals surface area contributed by atoms with Crippen LogP contribution in [0.1, 0.15) is 0 Å². The predicted molar refractivity (Wildman–Crippen MR) is 157 cm³/mol. The fourth-order valence-electron chi connectivity index (χ4n) is 5.82. The van der Waals surface area contributed by atoms with Gasteiger partial charge in [-0.2, -0.15) is 0 Å². The molecular weight excluding hydrogens is 454 g/mol. The number of benzene rings is 6. The lowest BCUT2D eigenvalue weighted by atomic mass is 9.99. The molecule has 6 aromatic carbocycles. The van der Waals surface area contributed by atoms with Gasteiger partial charge in [-0.05, 0) is 40.8 Å². The molecule has 0 fully saturated rings. The van der Waals surface area contributed by atoms with Crippen LogP contribution in [0.15, 0.2) is 127 Å². The second-order valence-corrected chi connectivity index (χ2v) is 10.4. The van der Waals surface area contributed by atoms with Crippen LogP contribution >= 0.6 is 11.3 Å². The molecule has 0 aliphatic rings. The van der Waals surface area contributed by atoms with E-state index < -0.39 is 0 Å². The Kier molecular flexibility index (Phi) is 4.16. The first-order valence-electron chi connectivity index (χ1n) is 12.3. The van der Waals surface area contributed by atoms with Gasteiger partial charge in [0.2, 0.25) is 0 Å². The van der Waals surface area contributed by atoms with E-state index in [0.29, 0.717) is 0 Å². The first-order chi connectivity index (χ1) is 17.9. The molecule has 8 rings (SSSR count). The lowest BCUT2D eigenvalue weighted by Crippen LogP contribution is -1.94. The third-order valence-electron chi connectivity index (χ3n) is 7.36. The van der Waals surface area contributed by atoms with Crippen molar-refractivity contribution in [2.75, 3.05) is 0 Å². The minimum atomic E-state index is 1.19. The largest absolute Gasteiger partial charge is 0.309 e. The first-order valence-corrected chi connectivity index (χ1v) is 13.1. The van der Waals surface area contributed by atoms with Crippen LogP contribution in [-0.2, 0) is 0 Å². The SMILES string of the molecule is c1ccc(-c2ccc3c4c5sc6ccccc6c5c5ccccc5c4n(-c4ccccc4)c3c2)cc1. The van der Waals surface area contributed by atoms with Crippen molar-refractivity contribution in [1.29, 1.82) is 0 Å². The van der Waals surface area contributed by atoms with Crippen LogP contribution in [-0.4, -0.2) is 4.57 Å². The zero-order valence-electron chi connectivity index (χ0n) is 19.5. The highest BCUT2D eigenvalue weighted by molar-refractivity contribution is 7.27. The summed E-state index contributed by atoms with van der Waals surface area (Å²) in [5.74, 6) is 0. The van der Waals surface area contributed by atoms with E-state index in [2.05, 4.69) is 132 Å². The highest BCUT2D eigenvalue weighted by Crippen LogP contribution is 2.48. The van der Waals surface area contributed by atoms with Crippen LogP contribution in [0.4, 0.5) is 0 Å². The molecule has 0 amide bonds. The summed E-state index contributed by atoms with van der Waals surface area (Å²) >= 11 is 1.92. The molecule has 0 saturated carbocycles. The highest BCUT2D eigenvalue weighted by atomic mass is 32.1. The summed E-state index contributed by atoms with van der Waals surface area (Å²) in [6.45, 7) is 0. The molecule has 0 unspecified atom stereocenters. The summed E-state index contributed by atoms with van der Waals surface area (Å²) in [6, 6.07) is 46.2. The summed E-state index contributed by atoms with van der Waals surface area (Å²) in [5, 5.41) is 7.99. The Morgan fingerprint density at radius 1 is 0.472 bits per heavy atom. The van der Waals surface area contributed by atoms with Crippen molar-refractivity contribution in [3.8, 4) is 16.8 Å². The number of hydrogen-bond donors (Lipinski definition) is 0. The number of para-hydroxylation sites is 1. The topological polar surface area (TPSA) is 4.93 Å². The minimum Gasteiger partial charge on any atom is -0.309 e. The number of nitrogens with zero attached hydrogens (tertiary/aromatic N) is 1. The molecule has 0 N–H and O–H groups in total. The van der Waals surface area contributed by atoms with Crippen LogP contribution in [0.5, 0.6) is 0 Å². The standard InChI is InChI=1S/C34H21NS/c1-3-11-22(12-4-1)23-19-20-27-29(21-23)35(24-13-5-2-6-14-24)33-26-16-8-7-15-25(26)31-28-17-9-10-18-30(28)36-34(31)32(27)33/h1-21H. The number of rotatable bonds is 2. The molecule has 2 heteroatoms. The van der Waals surface area contributed by atoms with Gasteiger partial charge in [-0.15, -0.1) is 11.3 Å². The second kappa shape index (κ2) is 7.55. The van der Waals surface area contributed by atoms with Gasteiger partial charge in [0, 0.05) is 42.0 Å². The van der Waals surface area contributed by atoms with Gasteiger partial charge < -0.3 is 4.57 Å². The van der Waals surface area contributed by atoms with Crippen molar-refractivity contribution < 1.29 is 0 Å². The van der Waals surface area contributed by atoms with Gasteiger partial charge in [-0.25, -0.2) is 0 Å². The van der Waals surface area contributed by atoms with E-state index >= 15 is 0 Å². The molecule has 2 heterocycles. The zero-order chi connectivity index (χ0) is 23.6. The molecule has 0 atom stereocenters. The van der Waals surface area contributed by atoms with Gasteiger partial charge >= 0.3 is 0 Å². The Labute approximate surface area is 212 Å². The number of hydrogen-bond acceptors (Lipinski definition) is 1. The van der Waals surface area contributed by atoms with Crippen LogP contribution in [0.3, 0.4) is 0 Å². The molecule has 8 aromatic rings. The molecule has 0 aliphatic carbocycles. The van der Waals surface area contributed by atoms with E-state index in [9.17, 15) is 0 Å². The maximum atomic E-state index is 2.48. The van der Waals surface area contributed by atoms with E-state index in [4.69, 9.17) is 0 Å². The summed E-state index contributed by atoms with van der Waals surface area (Å²) in [7, 11) is 0. The molecule has 0 spiro atoms. The van der Waals surface area contributed by atoms with Gasteiger partial charge in [-0.1, -0.05) is 103 Å². The van der Waals surface area contributed by atoms with Crippen molar-refractivity contribution in [3.63, 3.8) is 0 Å². The summed E-state index contributed by atoms with van der Waals surface area (Å²) < 4.78 is 5.19. The third kappa shape index (κ3) is 2.71. The van der Waals surface area contributed by atoms with Crippen LogP contribution in [0.25, 0.3) is 69.6 Å². The molecular formula is C34H21NS. The van der Waals surface area contributed by atoms with Crippen LogP contribution in [0.2, 0.25) is 0 Å². The average Bonchev–Trinajstić information content (AvgIpc) is 3.50. The van der Waals surface area contributed by atoms with E-state index in [-0.39, 0.29) is 0 Å². The van der Waals surface area contributed by atoms with Gasteiger partial charge in [0.05, 0.1) is 11.0 Å². The third-order valence-corrected chi connectivity index (χ3v) is 8.55. The monoisotopic (exact) mass is 475 g/mol. The van der Waals surface area contributed by atoms with Crippen molar-refractivity contribution >= 4 is 64.1 Å². The van der Waals surface area contributed by atoms with Crippen LogP contribution in [0, 0.1) is 0 Å². The van der Waals surface area contributed by atoms with Gasteiger partial charge in [0.25, 0.3) is 0 Å². The van der Waals surface area contributed by atoms with Crippen molar-refractivity contribution in [3.05, 3.63) is 127 Å². The summed E-state index contributed by atoms with van der Waals surface area (Å²) in [4.78, 5) is 0. The van der Waals surface area contributed by atoms with E-state index in [1.54, 1.807) is 0 Å². The Morgan fingerprint density at radius 3 is 1.94 bits per heavy atom. The highest BCUT2D eigenvalue weighted by Gasteiger charge is 2.21. The van der Waals surface area contributed by atoms with Crippen molar-refractivity contribution in [2.24, 2.45) is 0 Å². The predicted octanol–water partition coefficient (Wildman–Crippen LogP) is 9.97. The normalized spacial score (nSPS) is 11.9. The number of aromatic nitrogens is 1. The lowest BCUT2D eigenvalue weighted by Gasteiger charge is -2.11. The smallest absolute Gasteiger partial charge is 0.0634 e. The average molecular weight is 476 g/mol. The van der Waals surface area contributed by atoms with E-state index in [1.807, 2.05) is 11.3 Å². The quantitative estimate of drug-likeness (QED) is 0.234. The van der Waals surface area contributed by atoms with Gasteiger partial charge in [0.15, 0.2) is 0 Å². The van der Waals surface area contributed by atoms with Gasteiger partial charge in [0.1, 0.15) is 0 Å². The zero-order valence-corrected chi connectivity index (χ0v) is 20.3. The minimum absolute atomic E-state index is 1.19. The molecule has 0 saturated heterocycles. The lowest BCUT2D eigenvalue weighted by molar-refractivity contribution is 1.19. The van der Waals surface area contributed by atoms with Gasteiger partial charge in [-0.3, -0.25) is 0 Å². The molecule has 2 aromatic heterocycles. The number of thiophene rings is 1. The molecule has 0 aliphatic heterocycles. The summed E-state index contributed by atoms with van der Waals surface area (Å²) in [6.07, 6.45) is 0. The first kappa shape index (κ1) is 19.9. The summed E-state index contributed by atoms with van der Waals surface area (Å²) in [5.41, 5.74) is 6.19. The Balaban J connectivity index is 1.66. The fraction of sp³-hybridized carbons (Fsp3) is 0. The van der Waals surface area contributed by atoms with E-state index in [1.165, 1.54) is 69.6 Å². The Morgan fingerprint density at radius 2 is 1.14 bits per heavy atom. The van der Waals surface area contributed by atoms with Crippen molar-refractivity contribution in [2.45, 2.75) is 0 Å².